The van der Waals surface area contributed by atoms with E-state index in [0.29, 0.717) is 19.0 Å². The molecule has 0 bridgehead atoms. The molecule has 7 heteroatoms. The molecular formula is C23H36N6O. The molecule has 7 nitrogen and oxygen atoms in total. The predicted octanol–water partition coefficient (Wildman–Crippen LogP) is 2.02. The van der Waals surface area contributed by atoms with Crippen molar-refractivity contribution in [1.29, 1.82) is 0 Å². The number of rotatable bonds is 7. The zero-order valence-electron chi connectivity index (χ0n) is 18.9. The lowest BCUT2D eigenvalue weighted by molar-refractivity contribution is 0.0615. The second-order valence-electron chi connectivity index (χ2n) is 8.98. The quantitative estimate of drug-likeness (QED) is 0.479. The number of aliphatic imine (C=N–C) groups is 1. The van der Waals surface area contributed by atoms with Crippen molar-refractivity contribution >= 4 is 5.96 Å². The van der Waals surface area contributed by atoms with Crippen LogP contribution in [0.15, 0.2) is 41.7 Å². The van der Waals surface area contributed by atoms with Crippen molar-refractivity contribution in [2.24, 2.45) is 12.0 Å². The van der Waals surface area contributed by atoms with Crippen LogP contribution in [0, 0.1) is 0 Å². The van der Waals surface area contributed by atoms with Gasteiger partial charge in [-0.05, 0) is 45.2 Å². The van der Waals surface area contributed by atoms with Crippen molar-refractivity contribution in [3.05, 3.63) is 53.3 Å². The van der Waals surface area contributed by atoms with E-state index in [9.17, 15) is 5.11 Å². The van der Waals surface area contributed by atoms with Crippen molar-refractivity contribution in [3.63, 3.8) is 0 Å². The number of nitrogens with zero attached hydrogens (tertiary/aromatic N) is 4. The van der Waals surface area contributed by atoms with Crippen LogP contribution in [0.1, 0.15) is 44.4 Å². The first-order valence-corrected chi connectivity index (χ1v) is 10.8. The van der Waals surface area contributed by atoms with Crippen molar-refractivity contribution in [1.82, 2.24) is 25.3 Å². The first-order chi connectivity index (χ1) is 14.2. The number of fused-ring (bicyclic) bond motifs is 1. The lowest BCUT2D eigenvalue weighted by atomic mass is 9.94. The zero-order valence-corrected chi connectivity index (χ0v) is 18.9. The van der Waals surface area contributed by atoms with Gasteiger partial charge in [-0.1, -0.05) is 24.3 Å². The summed E-state index contributed by atoms with van der Waals surface area (Å²) in [6.07, 6.45) is 4.61. The Bertz CT molecular complexity index is 870. The third-order valence-electron chi connectivity index (χ3n) is 5.88. The molecule has 0 aliphatic carbocycles. The van der Waals surface area contributed by atoms with Gasteiger partial charge in [0.05, 0.1) is 19.3 Å². The summed E-state index contributed by atoms with van der Waals surface area (Å²) in [6, 6.07) is 8.71. The predicted molar refractivity (Wildman–Crippen MR) is 121 cm³/mol. The van der Waals surface area contributed by atoms with Gasteiger partial charge < -0.3 is 15.7 Å². The highest BCUT2D eigenvalue weighted by atomic mass is 16.3. The summed E-state index contributed by atoms with van der Waals surface area (Å²) in [7, 11) is 1.85. The Hall–Kier alpha value is -2.38. The summed E-state index contributed by atoms with van der Waals surface area (Å²) in [5.41, 5.74) is 2.55. The van der Waals surface area contributed by atoms with E-state index < -0.39 is 5.60 Å². The molecule has 1 aromatic heterocycles. The van der Waals surface area contributed by atoms with Crippen LogP contribution in [0.3, 0.4) is 0 Å². The van der Waals surface area contributed by atoms with Crippen molar-refractivity contribution in [2.75, 3.05) is 26.2 Å². The smallest absolute Gasteiger partial charge is 0.191 e. The number of hydrogen-bond acceptors (Lipinski definition) is 4. The summed E-state index contributed by atoms with van der Waals surface area (Å²) in [5.74, 6) is 0.715. The van der Waals surface area contributed by atoms with Crippen LogP contribution in [-0.2, 0) is 25.6 Å². The summed E-state index contributed by atoms with van der Waals surface area (Å²) in [4.78, 5) is 7.35. The molecule has 0 spiro atoms. The molecule has 0 fully saturated rings. The lowest BCUT2D eigenvalue weighted by Gasteiger charge is -2.40. The molecule has 0 saturated carbocycles. The largest absolute Gasteiger partial charge is 0.383 e. The molecule has 3 N–H and O–H groups in total. The van der Waals surface area contributed by atoms with E-state index in [1.165, 1.54) is 11.1 Å². The molecular weight excluding hydrogens is 376 g/mol. The second kappa shape index (κ2) is 9.18. The highest BCUT2D eigenvalue weighted by Gasteiger charge is 2.30. The van der Waals surface area contributed by atoms with Crippen LogP contribution in [0.2, 0.25) is 0 Å². The van der Waals surface area contributed by atoms with Crippen LogP contribution >= 0.6 is 0 Å². The Labute approximate surface area is 180 Å². The summed E-state index contributed by atoms with van der Waals surface area (Å²) < 4.78 is 1.70. The molecule has 1 aliphatic heterocycles. The molecule has 164 valence electrons. The summed E-state index contributed by atoms with van der Waals surface area (Å²) >= 11 is 0. The van der Waals surface area contributed by atoms with Crippen LogP contribution in [0.5, 0.6) is 0 Å². The van der Waals surface area contributed by atoms with Crippen LogP contribution in [-0.4, -0.2) is 57.5 Å². The SMILES string of the molecule is CCNC(=NCC(C)(C)N1CCc2ccccc2C1)NCC(C)(O)c1cnn(C)c1. The molecule has 2 heterocycles. The van der Waals surface area contributed by atoms with Crippen molar-refractivity contribution in [2.45, 2.75) is 51.8 Å². The first-order valence-electron chi connectivity index (χ1n) is 10.8. The van der Waals surface area contributed by atoms with Gasteiger partial charge in [0, 0.05) is 44.0 Å². The van der Waals surface area contributed by atoms with Gasteiger partial charge in [-0.2, -0.15) is 5.10 Å². The van der Waals surface area contributed by atoms with E-state index in [2.05, 4.69) is 58.7 Å². The van der Waals surface area contributed by atoms with Crippen LogP contribution < -0.4 is 10.6 Å². The fraction of sp³-hybridized carbons (Fsp3) is 0.565. The van der Waals surface area contributed by atoms with Crippen LogP contribution in [0.25, 0.3) is 0 Å². The van der Waals surface area contributed by atoms with Gasteiger partial charge in [0.25, 0.3) is 0 Å². The average Bonchev–Trinajstić information content (AvgIpc) is 3.17. The van der Waals surface area contributed by atoms with E-state index in [1.54, 1.807) is 17.8 Å². The fourth-order valence-corrected chi connectivity index (χ4v) is 3.78. The number of aryl methyl sites for hydroxylation is 1. The van der Waals surface area contributed by atoms with E-state index in [1.807, 2.05) is 20.2 Å². The Morgan fingerprint density at radius 2 is 1.93 bits per heavy atom. The van der Waals surface area contributed by atoms with E-state index >= 15 is 0 Å². The van der Waals surface area contributed by atoms with E-state index in [4.69, 9.17) is 4.99 Å². The molecule has 1 atom stereocenters. The molecule has 3 rings (SSSR count). The zero-order chi connectivity index (χ0) is 21.8. The number of aliphatic hydroxyl groups is 1. The fourth-order valence-electron chi connectivity index (χ4n) is 3.78. The van der Waals surface area contributed by atoms with Crippen LogP contribution in [0.4, 0.5) is 0 Å². The maximum absolute atomic E-state index is 10.8. The second-order valence-corrected chi connectivity index (χ2v) is 8.98. The summed E-state index contributed by atoms with van der Waals surface area (Å²) in [6.45, 7) is 12.1. The van der Waals surface area contributed by atoms with Gasteiger partial charge in [-0.15, -0.1) is 0 Å². The number of hydrogen-bond donors (Lipinski definition) is 3. The Kier molecular flexibility index (Phi) is 6.83. The standard InChI is InChI=1S/C23H36N6O/c1-6-24-21(26-17-23(4,30)20-13-27-28(5)15-20)25-16-22(2,3)29-12-11-18-9-7-8-10-19(18)14-29/h7-10,13,15,30H,6,11-12,14,16-17H2,1-5H3,(H2,24,25,26). The topological polar surface area (TPSA) is 77.7 Å². The number of benzene rings is 1. The number of aromatic nitrogens is 2. The molecule has 1 aliphatic rings. The Balaban J connectivity index is 1.63. The van der Waals surface area contributed by atoms with E-state index in [-0.39, 0.29) is 5.54 Å². The maximum Gasteiger partial charge on any atom is 0.191 e. The monoisotopic (exact) mass is 412 g/mol. The minimum absolute atomic E-state index is 0.0677. The molecule has 1 unspecified atom stereocenters. The highest BCUT2D eigenvalue weighted by molar-refractivity contribution is 5.79. The normalized spacial score (nSPS) is 17.3. The van der Waals surface area contributed by atoms with Crippen molar-refractivity contribution < 1.29 is 5.11 Å². The number of nitrogens with one attached hydrogen (secondary N) is 2. The third kappa shape index (κ3) is 5.40. The lowest BCUT2D eigenvalue weighted by Crippen LogP contribution is -2.50. The molecule has 30 heavy (non-hydrogen) atoms. The van der Waals surface area contributed by atoms with Gasteiger partial charge in [0.1, 0.15) is 5.60 Å². The van der Waals surface area contributed by atoms with Gasteiger partial charge in [0.2, 0.25) is 0 Å². The van der Waals surface area contributed by atoms with E-state index in [0.717, 1.165) is 31.6 Å². The molecule has 0 amide bonds. The minimum atomic E-state index is -1.03. The van der Waals surface area contributed by atoms with Gasteiger partial charge in [-0.3, -0.25) is 14.6 Å². The summed E-state index contributed by atoms with van der Waals surface area (Å²) in [5, 5.41) is 21.6. The minimum Gasteiger partial charge on any atom is -0.383 e. The highest BCUT2D eigenvalue weighted by Crippen LogP contribution is 2.25. The molecule has 0 saturated heterocycles. The van der Waals surface area contributed by atoms with Gasteiger partial charge in [-0.25, -0.2) is 0 Å². The Morgan fingerprint density at radius 3 is 2.60 bits per heavy atom. The van der Waals surface area contributed by atoms with Crippen molar-refractivity contribution in [3.8, 4) is 0 Å². The molecule has 2 aromatic rings. The van der Waals surface area contributed by atoms with Gasteiger partial charge >= 0.3 is 0 Å². The average molecular weight is 413 g/mol. The third-order valence-corrected chi connectivity index (χ3v) is 5.88. The molecule has 1 aromatic carbocycles. The van der Waals surface area contributed by atoms with Gasteiger partial charge in [0.15, 0.2) is 5.96 Å². The Morgan fingerprint density at radius 1 is 1.20 bits per heavy atom. The maximum atomic E-state index is 10.8. The number of guanidine groups is 1. The first kappa shape index (κ1) is 22.3. The molecule has 0 radical (unpaired) electrons.